The van der Waals surface area contributed by atoms with E-state index in [1.165, 1.54) is 31.2 Å². The van der Waals surface area contributed by atoms with Crippen LogP contribution in [0.3, 0.4) is 0 Å². The van der Waals surface area contributed by atoms with Crippen LogP contribution in [0.25, 0.3) is 6.08 Å². The van der Waals surface area contributed by atoms with Gasteiger partial charge in [-0.1, -0.05) is 35.9 Å². The third-order valence-corrected chi connectivity index (χ3v) is 3.40. The highest BCUT2D eigenvalue weighted by molar-refractivity contribution is 6.34. The molecule has 25 heavy (non-hydrogen) atoms. The zero-order valence-electron chi connectivity index (χ0n) is 13.2. The first-order chi connectivity index (χ1) is 11.9. The van der Waals surface area contributed by atoms with Crippen molar-refractivity contribution in [3.8, 4) is 0 Å². The predicted molar refractivity (Wildman–Crippen MR) is 95.0 cm³/mol. The molecule has 0 radical (unpaired) electrons. The number of carbonyl (C=O) groups is 2. The van der Waals surface area contributed by atoms with Crippen molar-refractivity contribution in [3.63, 3.8) is 0 Å². The number of amides is 2. The Bertz CT molecular complexity index is 864. The largest absolute Gasteiger partial charge is 0.322 e. The van der Waals surface area contributed by atoms with Crippen molar-refractivity contribution < 1.29 is 14.5 Å². The van der Waals surface area contributed by atoms with Gasteiger partial charge in [-0.2, -0.15) is 0 Å². The summed E-state index contributed by atoms with van der Waals surface area (Å²) in [6, 6.07) is 12.3. The van der Waals surface area contributed by atoms with E-state index in [1.54, 1.807) is 30.3 Å². The quantitative estimate of drug-likeness (QED) is 0.485. The Hall–Kier alpha value is -3.19. The number of rotatable bonds is 5. The lowest BCUT2D eigenvalue weighted by Crippen LogP contribution is -2.29. The van der Waals surface area contributed by atoms with E-state index < -0.39 is 16.7 Å². The Morgan fingerprint density at radius 2 is 1.88 bits per heavy atom. The number of non-ortho nitro benzene ring substituents is 1. The van der Waals surface area contributed by atoms with E-state index in [0.717, 1.165) is 0 Å². The number of halogens is 1. The van der Waals surface area contributed by atoms with Crippen molar-refractivity contribution in [1.29, 1.82) is 0 Å². The van der Waals surface area contributed by atoms with Crippen LogP contribution in [0.1, 0.15) is 12.5 Å². The number of benzene rings is 2. The zero-order valence-corrected chi connectivity index (χ0v) is 13.9. The van der Waals surface area contributed by atoms with Gasteiger partial charge in [-0.3, -0.25) is 19.7 Å². The summed E-state index contributed by atoms with van der Waals surface area (Å²) >= 11 is 6.00. The summed E-state index contributed by atoms with van der Waals surface area (Å²) in [5.74, 6) is -1.05. The molecular formula is C17H14ClN3O4. The van der Waals surface area contributed by atoms with Gasteiger partial charge in [0.1, 0.15) is 5.70 Å². The molecule has 0 aromatic heterocycles. The van der Waals surface area contributed by atoms with Crippen LogP contribution < -0.4 is 10.6 Å². The molecule has 0 aliphatic rings. The summed E-state index contributed by atoms with van der Waals surface area (Å²) in [7, 11) is 0. The Morgan fingerprint density at radius 1 is 1.16 bits per heavy atom. The third-order valence-electron chi connectivity index (χ3n) is 3.07. The van der Waals surface area contributed by atoms with Crippen LogP contribution in [0.2, 0.25) is 5.02 Å². The van der Waals surface area contributed by atoms with Crippen molar-refractivity contribution in [3.05, 3.63) is 74.9 Å². The molecule has 0 aliphatic carbocycles. The lowest BCUT2D eigenvalue weighted by Gasteiger charge is -2.10. The van der Waals surface area contributed by atoms with E-state index >= 15 is 0 Å². The zero-order chi connectivity index (χ0) is 18.4. The number of carbonyl (C=O) groups excluding carboxylic acids is 2. The molecule has 0 atom stereocenters. The Labute approximate surface area is 148 Å². The van der Waals surface area contributed by atoms with Gasteiger partial charge in [0, 0.05) is 19.1 Å². The molecule has 0 saturated carbocycles. The number of hydrogen-bond acceptors (Lipinski definition) is 4. The first-order valence-corrected chi connectivity index (χ1v) is 7.54. The van der Waals surface area contributed by atoms with Gasteiger partial charge in [-0.25, -0.2) is 0 Å². The smallest absolute Gasteiger partial charge is 0.272 e. The van der Waals surface area contributed by atoms with Gasteiger partial charge in [0.2, 0.25) is 5.91 Å². The topological polar surface area (TPSA) is 101 Å². The molecule has 7 nitrogen and oxygen atoms in total. The maximum absolute atomic E-state index is 12.4. The summed E-state index contributed by atoms with van der Waals surface area (Å²) in [6.45, 7) is 1.25. The summed E-state index contributed by atoms with van der Waals surface area (Å²) in [4.78, 5) is 34.1. The van der Waals surface area contributed by atoms with E-state index in [2.05, 4.69) is 10.6 Å². The second kappa shape index (κ2) is 8.07. The highest BCUT2D eigenvalue weighted by Crippen LogP contribution is 2.21. The molecule has 2 aromatic rings. The minimum atomic E-state index is -0.602. The molecule has 8 heteroatoms. The Kier molecular flexibility index (Phi) is 5.86. The molecule has 2 aromatic carbocycles. The normalized spacial score (nSPS) is 10.9. The molecule has 0 bridgehead atoms. The highest BCUT2D eigenvalue weighted by atomic mass is 35.5. The molecule has 0 heterocycles. The van der Waals surface area contributed by atoms with Crippen LogP contribution in [0.4, 0.5) is 11.4 Å². The predicted octanol–water partition coefficient (Wildman–Crippen LogP) is 3.36. The fraction of sp³-hybridized carbons (Fsp3) is 0.0588. The Balaban J connectivity index is 2.33. The Morgan fingerprint density at radius 3 is 2.52 bits per heavy atom. The van der Waals surface area contributed by atoms with E-state index in [9.17, 15) is 19.7 Å². The van der Waals surface area contributed by atoms with Crippen LogP contribution in [-0.2, 0) is 9.59 Å². The maximum atomic E-state index is 12.4. The second-order valence-corrected chi connectivity index (χ2v) is 5.43. The first kappa shape index (κ1) is 18.2. The van der Waals surface area contributed by atoms with Crippen molar-refractivity contribution in [1.82, 2.24) is 5.32 Å². The average molecular weight is 360 g/mol. The van der Waals surface area contributed by atoms with Crippen molar-refractivity contribution in [2.24, 2.45) is 0 Å². The monoisotopic (exact) mass is 359 g/mol. The molecule has 2 rings (SSSR count). The maximum Gasteiger partial charge on any atom is 0.272 e. The molecule has 0 fully saturated rings. The van der Waals surface area contributed by atoms with Gasteiger partial charge in [-0.15, -0.1) is 0 Å². The number of hydrogen-bond donors (Lipinski definition) is 2. The fourth-order valence-electron chi connectivity index (χ4n) is 2.00. The number of anilines is 1. The van der Waals surface area contributed by atoms with Gasteiger partial charge >= 0.3 is 0 Å². The minimum Gasteiger partial charge on any atom is -0.322 e. The van der Waals surface area contributed by atoms with Crippen molar-refractivity contribution in [2.45, 2.75) is 6.92 Å². The standard InChI is InChI=1S/C17H14ClN3O4/c1-11(22)19-16(10-12-5-4-6-13(9-12)21(24)25)17(23)20-15-8-3-2-7-14(15)18/h2-10H,1H3,(H,19,22)(H,20,23)/b16-10-. The summed E-state index contributed by atoms with van der Waals surface area (Å²) in [6.07, 6.45) is 1.35. The fourth-order valence-corrected chi connectivity index (χ4v) is 2.18. The van der Waals surface area contributed by atoms with E-state index in [1.807, 2.05) is 0 Å². The molecule has 128 valence electrons. The minimum absolute atomic E-state index is 0.0621. The number of nitro groups is 1. The van der Waals surface area contributed by atoms with E-state index in [4.69, 9.17) is 11.6 Å². The molecule has 0 aliphatic heterocycles. The van der Waals surface area contributed by atoms with Crippen molar-refractivity contribution >= 4 is 40.9 Å². The van der Waals surface area contributed by atoms with E-state index in [0.29, 0.717) is 16.3 Å². The lowest BCUT2D eigenvalue weighted by atomic mass is 10.1. The first-order valence-electron chi connectivity index (χ1n) is 7.16. The van der Waals surface area contributed by atoms with Gasteiger partial charge < -0.3 is 10.6 Å². The van der Waals surface area contributed by atoms with Crippen LogP contribution in [0.15, 0.2) is 54.2 Å². The van der Waals surface area contributed by atoms with Gasteiger partial charge in [0.25, 0.3) is 11.6 Å². The summed E-state index contributed by atoms with van der Waals surface area (Å²) in [5, 5.41) is 16.2. The summed E-state index contributed by atoms with van der Waals surface area (Å²) in [5.41, 5.74) is 0.590. The molecule has 0 saturated heterocycles. The lowest BCUT2D eigenvalue weighted by molar-refractivity contribution is -0.384. The van der Waals surface area contributed by atoms with Crippen LogP contribution in [-0.4, -0.2) is 16.7 Å². The molecule has 2 N–H and O–H groups in total. The average Bonchev–Trinajstić information content (AvgIpc) is 2.56. The number of nitrogens with one attached hydrogen (secondary N) is 2. The number of para-hydroxylation sites is 1. The van der Waals surface area contributed by atoms with Crippen LogP contribution >= 0.6 is 11.6 Å². The second-order valence-electron chi connectivity index (χ2n) is 5.03. The summed E-state index contributed by atoms with van der Waals surface area (Å²) < 4.78 is 0. The molecule has 2 amide bonds. The van der Waals surface area contributed by atoms with Crippen LogP contribution in [0.5, 0.6) is 0 Å². The number of nitro benzene ring substituents is 1. The van der Waals surface area contributed by atoms with Crippen LogP contribution in [0, 0.1) is 10.1 Å². The van der Waals surface area contributed by atoms with Gasteiger partial charge in [0.15, 0.2) is 0 Å². The third kappa shape index (κ3) is 5.15. The van der Waals surface area contributed by atoms with Gasteiger partial charge in [-0.05, 0) is 23.8 Å². The SMILES string of the molecule is CC(=O)N/C(=C\c1cccc([N+](=O)[O-])c1)C(=O)Nc1ccccc1Cl. The molecule has 0 spiro atoms. The molecule has 0 unspecified atom stereocenters. The van der Waals surface area contributed by atoms with Gasteiger partial charge in [0.05, 0.1) is 15.6 Å². The van der Waals surface area contributed by atoms with Crippen molar-refractivity contribution in [2.75, 3.05) is 5.32 Å². The van der Waals surface area contributed by atoms with E-state index in [-0.39, 0.29) is 11.4 Å². The highest BCUT2D eigenvalue weighted by Gasteiger charge is 2.14. The number of nitrogens with zero attached hydrogens (tertiary/aromatic N) is 1. The molecular weight excluding hydrogens is 346 g/mol.